The highest BCUT2D eigenvalue weighted by atomic mass is 28.1. The highest BCUT2D eigenvalue weighted by molar-refractivity contribution is 5.75. The van der Waals surface area contributed by atoms with Crippen LogP contribution < -0.4 is 0 Å². The van der Waals surface area contributed by atoms with Gasteiger partial charge in [-0.05, 0) is 11.0 Å². The van der Waals surface area contributed by atoms with Crippen molar-refractivity contribution in [2.75, 3.05) is 26.4 Å². The highest BCUT2D eigenvalue weighted by Crippen LogP contribution is 1.77. The van der Waals surface area contributed by atoms with Gasteiger partial charge in [0.1, 0.15) is 0 Å². The molecule has 0 aliphatic carbocycles. The minimum Gasteiger partial charge on any atom is -0.479 e. The molecule has 0 aromatic heterocycles. The third-order valence-corrected chi connectivity index (χ3v) is 1.83. The van der Waals surface area contributed by atoms with E-state index in [2.05, 4.69) is 0 Å². The zero-order chi connectivity index (χ0) is 23.4. The number of carboxylic acids is 4. The Labute approximate surface area is 167 Å². The van der Waals surface area contributed by atoms with Crippen molar-refractivity contribution < 1.29 is 80.5 Å². The van der Waals surface area contributed by atoms with Gasteiger partial charge in [-0.2, -0.15) is 0 Å². The number of hydrogen-bond donors (Lipinski definition) is 12. The molecule has 4 atom stereocenters. The van der Waals surface area contributed by atoms with Crippen molar-refractivity contribution in [1.29, 1.82) is 0 Å². The summed E-state index contributed by atoms with van der Waals surface area (Å²) in [6.07, 6.45) is -6.50. The van der Waals surface area contributed by atoms with Gasteiger partial charge in [0.2, 0.25) is 0 Å². The number of aliphatic hydroxyl groups excluding tert-OH is 8. The van der Waals surface area contributed by atoms with Crippen molar-refractivity contribution in [2.45, 2.75) is 24.4 Å². The van der Waals surface area contributed by atoms with Gasteiger partial charge >= 0.3 is 23.9 Å². The molecule has 0 aromatic rings. The first-order chi connectivity index (χ1) is 12.7. The Balaban J connectivity index is -0.0000000873. The van der Waals surface area contributed by atoms with Gasteiger partial charge in [-0.15, -0.1) is 0 Å². The molecule has 0 saturated heterocycles. The molecule has 0 aliphatic heterocycles. The summed E-state index contributed by atoms with van der Waals surface area (Å²) in [5.41, 5.74) is 0. The summed E-state index contributed by atoms with van der Waals surface area (Å²) in [6, 6.07) is 0. The van der Waals surface area contributed by atoms with Crippen molar-refractivity contribution in [3.63, 3.8) is 0 Å². The molecule has 4 unspecified atom stereocenters. The van der Waals surface area contributed by atoms with Crippen LogP contribution in [-0.4, -0.2) is 147 Å². The first-order valence-corrected chi connectivity index (χ1v) is 6.80. The second-order valence-corrected chi connectivity index (χ2v) is 4.15. The summed E-state index contributed by atoms with van der Waals surface area (Å²) in [5.74, 6) is -5.60. The van der Waals surface area contributed by atoms with E-state index in [9.17, 15) is 19.2 Å². The number of rotatable bonds is 8. The molecular weight excluding hydrogens is 428 g/mol. The predicted molar refractivity (Wildman–Crippen MR) is 94.2 cm³/mol. The quantitative estimate of drug-likeness (QED) is 0.151. The van der Waals surface area contributed by atoms with Gasteiger partial charge < -0.3 is 61.3 Å². The normalized spacial score (nSPS) is 13.0. The number of carbonyl (C=O) groups is 4. The van der Waals surface area contributed by atoms with Crippen LogP contribution in [0.15, 0.2) is 0 Å². The number of carboxylic acid groups (broad SMARTS) is 4. The molecule has 0 saturated carbocycles. The van der Waals surface area contributed by atoms with E-state index >= 15 is 0 Å². The minimum absolute atomic E-state index is 0. The minimum atomic E-state index is -1.63. The molecule has 0 radical (unpaired) electrons. The third-order valence-electron chi connectivity index (χ3n) is 1.83. The van der Waals surface area contributed by atoms with E-state index in [-0.39, 0.29) is 11.0 Å². The zero-order valence-electron chi connectivity index (χ0n) is 14.1. The van der Waals surface area contributed by atoms with Crippen molar-refractivity contribution in [3.05, 3.63) is 0 Å². The molecule has 0 aliphatic rings. The maximum absolute atomic E-state index is 9.52. The Hall–Kier alpha value is -2.22. The van der Waals surface area contributed by atoms with Gasteiger partial charge in [0, 0.05) is 0 Å². The van der Waals surface area contributed by atoms with Crippen molar-refractivity contribution >= 4 is 34.8 Å². The van der Waals surface area contributed by atoms with Crippen LogP contribution in [0, 0.1) is 0 Å². The highest BCUT2D eigenvalue weighted by Gasteiger charge is 2.10. The van der Waals surface area contributed by atoms with Crippen LogP contribution in [0.5, 0.6) is 0 Å². The first-order valence-electron chi connectivity index (χ1n) is 6.80. The zero-order valence-corrected chi connectivity index (χ0v) is 14.1. The van der Waals surface area contributed by atoms with Crippen LogP contribution in [-0.2, 0) is 19.2 Å². The lowest BCUT2D eigenvalue weighted by atomic mass is 10.4. The largest absolute Gasteiger partial charge is 0.479 e. The van der Waals surface area contributed by atoms with Crippen molar-refractivity contribution in [3.8, 4) is 0 Å². The van der Waals surface area contributed by atoms with Gasteiger partial charge in [0.05, 0.1) is 26.4 Å². The van der Waals surface area contributed by atoms with Gasteiger partial charge in [0.25, 0.3) is 0 Å². The van der Waals surface area contributed by atoms with Crippen LogP contribution in [0.1, 0.15) is 0 Å². The van der Waals surface area contributed by atoms with E-state index in [1.54, 1.807) is 0 Å². The molecule has 0 bridgehead atoms. The molecule has 29 heavy (non-hydrogen) atoms. The maximum Gasteiger partial charge on any atom is 0.334 e. The smallest absolute Gasteiger partial charge is 0.334 e. The summed E-state index contributed by atoms with van der Waals surface area (Å²) in [6.45, 7) is -2.91. The van der Waals surface area contributed by atoms with Crippen LogP contribution in [0.25, 0.3) is 0 Å². The Bertz CT molecular complexity index is 364. The average Bonchev–Trinajstić information content (AvgIpc) is 2.66. The Morgan fingerprint density at radius 3 is 0.552 bits per heavy atom. The lowest BCUT2D eigenvalue weighted by Gasteiger charge is -1.95. The lowest BCUT2D eigenvalue weighted by Crippen LogP contribution is -2.22. The molecule has 0 rings (SSSR count). The SMILES string of the molecule is O=C(O)C(O)CO.O=C(O)C(O)CO.O=C(O)C(O)CO.O=C(O)C(O)CO.[SiH4]. The van der Waals surface area contributed by atoms with Crippen molar-refractivity contribution in [2.24, 2.45) is 0 Å². The summed E-state index contributed by atoms with van der Waals surface area (Å²) in [5, 5.41) is 94.9. The summed E-state index contributed by atoms with van der Waals surface area (Å²) in [7, 11) is 0. The van der Waals surface area contributed by atoms with Crippen LogP contribution in [0.3, 0.4) is 0 Å². The molecule has 0 fully saturated rings. The third kappa shape index (κ3) is 30.7. The van der Waals surface area contributed by atoms with E-state index in [0.717, 1.165) is 0 Å². The fraction of sp³-hybridized carbons (Fsp3) is 0.667. The van der Waals surface area contributed by atoms with E-state index in [4.69, 9.17) is 61.3 Å². The fourth-order valence-corrected chi connectivity index (χ4v) is 0.312. The molecule has 0 heterocycles. The number of aliphatic carboxylic acids is 4. The maximum atomic E-state index is 9.52. The second kappa shape index (κ2) is 23.8. The van der Waals surface area contributed by atoms with Crippen molar-refractivity contribution in [1.82, 2.24) is 0 Å². The Morgan fingerprint density at radius 2 is 0.552 bits per heavy atom. The van der Waals surface area contributed by atoms with Gasteiger partial charge in [-0.25, -0.2) is 19.2 Å². The standard InChI is InChI=1S/4C3H6O4.H4Si/c4*4-1-2(5)3(6)7;/h4*2,4-5H,1H2,(H,6,7);1H4. The molecular formula is C12H28O16Si. The molecule has 0 aromatic carbocycles. The monoisotopic (exact) mass is 456 g/mol. The van der Waals surface area contributed by atoms with E-state index in [1.165, 1.54) is 0 Å². The van der Waals surface area contributed by atoms with Gasteiger partial charge in [-0.3, -0.25) is 0 Å². The molecule has 0 spiro atoms. The molecule has 17 heteroatoms. The van der Waals surface area contributed by atoms with E-state index in [1.807, 2.05) is 0 Å². The Morgan fingerprint density at radius 1 is 0.448 bits per heavy atom. The summed E-state index contributed by atoms with van der Waals surface area (Å²) < 4.78 is 0. The lowest BCUT2D eigenvalue weighted by molar-refractivity contribution is -0.149. The molecule has 16 nitrogen and oxygen atoms in total. The van der Waals surface area contributed by atoms with Crippen LogP contribution >= 0.6 is 0 Å². The van der Waals surface area contributed by atoms with Gasteiger partial charge in [-0.1, -0.05) is 0 Å². The number of aliphatic hydroxyl groups is 8. The van der Waals surface area contributed by atoms with Crippen LogP contribution in [0.2, 0.25) is 0 Å². The number of hydrogen-bond acceptors (Lipinski definition) is 12. The predicted octanol–water partition coefficient (Wildman–Crippen LogP) is -7.75. The topological polar surface area (TPSA) is 311 Å². The van der Waals surface area contributed by atoms with Gasteiger partial charge in [0.15, 0.2) is 24.4 Å². The Kier molecular flexibility index (Phi) is 30.8. The fourth-order valence-electron chi connectivity index (χ4n) is 0.312. The van der Waals surface area contributed by atoms with E-state index in [0.29, 0.717) is 0 Å². The molecule has 12 N–H and O–H groups in total. The van der Waals surface area contributed by atoms with E-state index < -0.39 is 74.7 Å². The average molecular weight is 456 g/mol. The summed E-state index contributed by atoms with van der Waals surface area (Å²) >= 11 is 0. The summed E-state index contributed by atoms with van der Waals surface area (Å²) in [4.78, 5) is 38.1. The molecule has 0 amide bonds. The molecule has 176 valence electrons. The second-order valence-electron chi connectivity index (χ2n) is 4.15. The van der Waals surface area contributed by atoms with Crippen LogP contribution in [0.4, 0.5) is 0 Å². The first kappa shape index (κ1) is 37.5.